The van der Waals surface area contributed by atoms with Gasteiger partial charge >= 0.3 is 6.09 Å². The Hall–Kier alpha value is -3.87. The molecule has 1 aromatic carbocycles. The molecule has 1 fully saturated rings. The number of pyridine rings is 2. The Morgan fingerprint density at radius 1 is 1.32 bits per heavy atom. The number of hydrogen-bond acceptors (Lipinski definition) is 7. The number of alkyl halides is 3. The minimum Gasteiger partial charge on any atom is -0.474 e. The Kier molecular flexibility index (Phi) is 6.86. The van der Waals surface area contributed by atoms with E-state index in [2.05, 4.69) is 15.3 Å². The molecule has 2 aliphatic rings. The van der Waals surface area contributed by atoms with E-state index in [9.17, 15) is 18.7 Å². The van der Waals surface area contributed by atoms with Crippen LogP contribution in [-0.2, 0) is 0 Å². The molecule has 3 aromatic rings. The number of anilines is 3. The van der Waals surface area contributed by atoms with Gasteiger partial charge in [-0.1, -0.05) is 0 Å². The second-order valence-electron chi connectivity index (χ2n) is 9.34. The Labute approximate surface area is 215 Å². The third kappa shape index (κ3) is 4.62. The number of nitrogens with two attached hydrogens (primary N) is 1. The molecule has 9 nitrogen and oxygen atoms in total. The number of amides is 1. The number of benzene rings is 1. The lowest BCUT2D eigenvalue weighted by atomic mass is 9.96. The molecule has 38 heavy (non-hydrogen) atoms. The fourth-order valence-corrected chi connectivity index (χ4v) is 5.12. The Balaban J connectivity index is 1.54. The molecule has 0 spiro atoms. The molecule has 1 amide bonds. The summed E-state index contributed by atoms with van der Waals surface area (Å²) >= 11 is 0. The van der Waals surface area contributed by atoms with Crippen molar-refractivity contribution < 1.29 is 32.2 Å². The SMILES string of the molecule is Cc1c(-c2cc3cc(N(C(=O)O)[C@H]4CCN(CC(F)F)C[C@H]4F)ncc3c(N)c2F)cnc2c1NCCO2. The van der Waals surface area contributed by atoms with Crippen LogP contribution in [-0.4, -0.2) is 77.5 Å². The van der Waals surface area contributed by atoms with Crippen LogP contribution >= 0.6 is 0 Å². The van der Waals surface area contributed by atoms with E-state index in [1.807, 2.05) is 0 Å². The second-order valence-corrected chi connectivity index (χ2v) is 9.34. The van der Waals surface area contributed by atoms with E-state index in [0.29, 0.717) is 41.2 Å². The van der Waals surface area contributed by atoms with Gasteiger partial charge in [0.15, 0.2) is 5.82 Å². The van der Waals surface area contributed by atoms with Crippen molar-refractivity contribution in [1.82, 2.24) is 14.9 Å². The number of nitrogens with zero attached hydrogens (tertiary/aromatic N) is 4. The zero-order valence-electron chi connectivity index (χ0n) is 20.4. The number of carbonyl (C=O) groups is 1. The number of ether oxygens (including phenoxy) is 1. The van der Waals surface area contributed by atoms with Crippen LogP contribution in [0, 0.1) is 12.7 Å². The molecule has 2 aromatic heterocycles. The van der Waals surface area contributed by atoms with Crippen LogP contribution in [0.3, 0.4) is 0 Å². The Morgan fingerprint density at radius 2 is 2.11 bits per heavy atom. The van der Waals surface area contributed by atoms with Crippen molar-refractivity contribution in [3.63, 3.8) is 0 Å². The van der Waals surface area contributed by atoms with Gasteiger partial charge in [0.25, 0.3) is 6.43 Å². The highest BCUT2D eigenvalue weighted by Crippen LogP contribution is 2.40. The molecule has 1 saturated heterocycles. The number of piperidine rings is 1. The predicted octanol–water partition coefficient (Wildman–Crippen LogP) is 4.29. The molecule has 0 aliphatic carbocycles. The van der Waals surface area contributed by atoms with Crippen LogP contribution in [0.1, 0.15) is 12.0 Å². The summed E-state index contributed by atoms with van der Waals surface area (Å²) < 4.78 is 61.5. The lowest BCUT2D eigenvalue weighted by Gasteiger charge is -2.38. The highest BCUT2D eigenvalue weighted by molar-refractivity contribution is 5.99. The molecule has 202 valence electrons. The van der Waals surface area contributed by atoms with Gasteiger partial charge in [-0.3, -0.25) is 9.80 Å². The first-order chi connectivity index (χ1) is 18.2. The van der Waals surface area contributed by atoms with Gasteiger partial charge in [-0.25, -0.2) is 32.3 Å². The van der Waals surface area contributed by atoms with E-state index in [4.69, 9.17) is 10.5 Å². The van der Waals surface area contributed by atoms with Gasteiger partial charge in [0, 0.05) is 48.5 Å². The highest BCUT2D eigenvalue weighted by Gasteiger charge is 2.38. The fourth-order valence-electron chi connectivity index (χ4n) is 5.12. The zero-order valence-corrected chi connectivity index (χ0v) is 20.4. The maximum absolute atomic E-state index is 15.4. The van der Waals surface area contributed by atoms with Gasteiger partial charge < -0.3 is 20.9 Å². The molecule has 0 bridgehead atoms. The number of carboxylic acid groups (broad SMARTS) is 1. The maximum atomic E-state index is 15.4. The highest BCUT2D eigenvalue weighted by atomic mass is 19.3. The summed E-state index contributed by atoms with van der Waals surface area (Å²) in [6.07, 6.45) is -3.03. The zero-order chi connectivity index (χ0) is 27.1. The van der Waals surface area contributed by atoms with Crippen LogP contribution in [0.4, 0.5) is 39.5 Å². The molecule has 2 aliphatic heterocycles. The Bertz CT molecular complexity index is 1390. The van der Waals surface area contributed by atoms with Crippen molar-refractivity contribution >= 4 is 34.1 Å². The van der Waals surface area contributed by atoms with Crippen LogP contribution in [0.5, 0.6) is 5.88 Å². The van der Waals surface area contributed by atoms with Gasteiger partial charge in [-0.05, 0) is 36.4 Å². The first-order valence-corrected chi connectivity index (χ1v) is 12.1. The summed E-state index contributed by atoms with van der Waals surface area (Å²) in [7, 11) is 0. The molecule has 2 atom stereocenters. The molecule has 5 rings (SSSR count). The monoisotopic (exact) mass is 534 g/mol. The standard InChI is InChI=1S/C25H26F4N6O3/c1-12-15(8-33-24-23(12)31-3-5-38-24)14-6-13-7-20(32-9-16(13)22(30)21(14)29)35(25(36)37)18-2-4-34(10-17(18)26)11-19(27)28/h6-9,17-19,31H,2-5,10-11,30H2,1H3,(H,36,37)/t17-,18+/m1/s1. The van der Waals surface area contributed by atoms with Gasteiger partial charge in [0.05, 0.1) is 18.3 Å². The fraction of sp³-hybridized carbons (Fsp3) is 0.400. The smallest absolute Gasteiger partial charge is 0.413 e. The number of nitrogens with one attached hydrogen (secondary N) is 1. The minimum atomic E-state index is -2.62. The largest absolute Gasteiger partial charge is 0.474 e. The molecule has 4 heterocycles. The van der Waals surface area contributed by atoms with Crippen LogP contribution in [0.15, 0.2) is 24.5 Å². The molecule has 4 N–H and O–H groups in total. The number of fused-ring (bicyclic) bond motifs is 2. The summed E-state index contributed by atoms with van der Waals surface area (Å²) in [6.45, 7) is 2.02. The van der Waals surface area contributed by atoms with Crippen molar-refractivity contribution in [2.45, 2.75) is 32.0 Å². The number of likely N-dealkylation sites (tertiary alicyclic amines) is 1. The van der Waals surface area contributed by atoms with Crippen molar-refractivity contribution in [2.75, 3.05) is 48.7 Å². The number of nitrogen functional groups attached to an aromatic ring is 1. The van der Waals surface area contributed by atoms with Crippen molar-refractivity contribution in [1.29, 1.82) is 0 Å². The van der Waals surface area contributed by atoms with Gasteiger partial charge in [0.2, 0.25) is 5.88 Å². The number of hydrogen-bond donors (Lipinski definition) is 3. The summed E-state index contributed by atoms with van der Waals surface area (Å²) in [5, 5.41) is 13.8. The molecule has 0 radical (unpaired) electrons. The van der Waals surface area contributed by atoms with E-state index in [1.54, 1.807) is 6.92 Å². The average Bonchev–Trinajstić information content (AvgIpc) is 2.88. The number of rotatable bonds is 5. The lowest BCUT2D eigenvalue weighted by molar-refractivity contribution is 0.0478. The summed E-state index contributed by atoms with van der Waals surface area (Å²) in [6, 6.07) is 1.80. The molecule has 0 saturated carbocycles. The molecule has 13 heteroatoms. The van der Waals surface area contributed by atoms with E-state index >= 15 is 8.78 Å². The molecular weight excluding hydrogens is 508 g/mol. The lowest BCUT2D eigenvalue weighted by Crippen LogP contribution is -2.55. The molecule has 0 unspecified atom stereocenters. The van der Waals surface area contributed by atoms with Gasteiger partial charge in [-0.15, -0.1) is 0 Å². The van der Waals surface area contributed by atoms with E-state index < -0.39 is 37.1 Å². The number of aromatic nitrogens is 2. The minimum absolute atomic E-state index is 0.00573. The van der Waals surface area contributed by atoms with Crippen molar-refractivity contribution in [3.8, 4) is 17.0 Å². The third-order valence-corrected chi connectivity index (χ3v) is 6.99. The third-order valence-electron chi connectivity index (χ3n) is 6.99. The first kappa shape index (κ1) is 25.8. The van der Waals surface area contributed by atoms with E-state index in [-0.39, 0.29) is 42.0 Å². The van der Waals surface area contributed by atoms with Gasteiger partial charge in [0.1, 0.15) is 24.3 Å². The second kappa shape index (κ2) is 10.1. The average molecular weight is 535 g/mol. The van der Waals surface area contributed by atoms with Crippen LogP contribution in [0.25, 0.3) is 21.9 Å². The van der Waals surface area contributed by atoms with Crippen LogP contribution < -0.4 is 20.7 Å². The summed E-state index contributed by atoms with van der Waals surface area (Å²) in [5.41, 5.74) is 7.90. The maximum Gasteiger partial charge on any atom is 0.413 e. The van der Waals surface area contributed by atoms with E-state index in [1.165, 1.54) is 29.4 Å². The summed E-state index contributed by atoms with van der Waals surface area (Å²) in [5.74, 6) is -0.346. The first-order valence-electron chi connectivity index (χ1n) is 12.1. The van der Waals surface area contributed by atoms with Gasteiger partial charge in [-0.2, -0.15) is 0 Å². The Morgan fingerprint density at radius 3 is 2.82 bits per heavy atom. The molecular formula is C25H26F4N6O3. The predicted molar refractivity (Wildman–Crippen MR) is 134 cm³/mol. The van der Waals surface area contributed by atoms with Crippen LogP contribution in [0.2, 0.25) is 0 Å². The quantitative estimate of drug-likeness (QED) is 0.328. The van der Waals surface area contributed by atoms with Crippen molar-refractivity contribution in [3.05, 3.63) is 35.9 Å². The van der Waals surface area contributed by atoms with Crippen molar-refractivity contribution in [2.24, 2.45) is 0 Å². The summed E-state index contributed by atoms with van der Waals surface area (Å²) in [4.78, 5) is 22.7. The number of halogens is 4. The normalized spacial score (nSPS) is 19.6. The van der Waals surface area contributed by atoms with E-state index in [0.717, 1.165) is 4.90 Å². The topological polar surface area (TPSA) is 117 Å².